The highest BCUT2D eigenvalue weighted by atomic mass is 16.5. The standard InChI is InChI=1S/C39H34N2O/c1-25-26(2)34-18-21-40-20-17-28-7-4-5-9-35(28)39(40)38(34)37-33(25)19-22-41-31(8-6-10-36(37)41)15-12-27-11-13-30-24-32(42-3)16-14-29(30)23-27/h4-17,20,23-24H,18-19,21-22H2,1-3H3/q+2/b15-12+. The van der Waals surface area contributed by atoms with Crippen LogP contribution in [0.25, 0.3) is 56.2 Å². The number of aryl methyl sites for hydroxylation is 1. The highest BCUT2D eigenvalue weighted by molar-refractivity contribution is 5.99. The van der Waals surface area contributed by atoms with Crippen LogP contribution in [-0.4, -0.2) is 7.11 Å². The summed E-state index contributed by atoms with van der Waals surface area (Å²) in [6, 6.07) is 30.8. The Morgan fingerprint density at radius 2 is 1.48 bits per heavy atom. The monoisotopic (exact) mass is 546 g/mol. The molecule has 6 aromatic rings. The molecule has 0 saturated heterocycles. The molecule has 0 aliphatic carbocycles. The lowest BCUT2D eigenvalue weighted by atomic mass is 9.79. The molecule has 4 heterocycles. The number of benzene rings is 4. The van der Waals surface area contributed by atoms with Crippen molar-refractivity contribution in [3.8, 4) is 28.3 Å². The summed E-state index contributed by atoms with van der Waals surface area (Å²) in [6.45, 7) is 6.69. The first-order valence-electron chi connectivity index (χ1n) is 15.0. The van der Waals surface area contributed by atoms with Gasteiger partial charge in [0.1, 0.15) is 5.75 Å². The molecule has 3 heteroatoms. The maximum atomic E-state index is 5.41. The quantitative estimate of drug-likeness (QED) is 0.207. The molecule has 204 valence electrons. The first-order valence-corrected chi connectivity index (χ1v) is 15.0. The van der Waals surface area contributed by atoms with Gasteiger partial charge in [-0.15, -0.1) is 0 Å². The fourth-order valence-electron chi connectivity index (χ4n) is 7.30. The van der Waals surface area contributed by atoms with Crippen molar-refractivity contribution >= 4 is 33.7 Å². The number of ether oxygens (including phenoxy) is 1. The molecular formula is C39H34N2O+2. The number of fused-ring (bicyclic) bond motifs is 10. The lowest BCUT2D eigenvalue weighted by Gasteiger charge is -2.27. The molecule has 2 aromatic heterocycles. The van der Waals surface area contributed by atoms with Crippen LogP contribution in [0, 0.1) is 13.8 Å². The van der Waals surface area contributed by atoms with E-state index in [9.17, 15) is 0 Å². The van der Waals surface area contributed by atoms with Gasteiger partial charge in [0.15, 0.2) is 19.3 Å². The van der Waals surface area contributed by atoms with E-state index in [4.69, 9.17) is 4.74 Å². The lowest BCUT2D eigenvalue weighted by molar-refractivity contribution is -0.690. The van der Waals surface area contributed by atoms with Crippen LogP contribution in [0.4, 0.5) is 0 Å². The van der Waals surface area contributed by atoms with E-state index >= 15 is 0 Å². The summed E-state index contributed by atoms with van der Waals surface area (Å²) in [5.41, 5.74) is 14.0. The van der Waals surface area contributed by atoms with Gasteiger partial charge in [-0.1, -0.05) is 36.4 Å². The summed E-state index contributed by atoms with van der Waals surface area (Å²) in [4.78, 5) is 0. The zero-order chi connectivity index (χ0) is 28.4. The average Bonchev–Trinajstić information content (AvgIpc) is 3.04. The molecule has 2 aliphatic rings. The molecule has 0 spiro atoms. The lowest BCUT2D eigenvalue weighted by Crippen LogP contribution is -2.45. The molecule has 0 saturated carbocycles. The average molecular weight is 547 g/mol. The molecule has 0 unspecified atom stereocenters. The van der Waals surface area contributed by atoms with E-state index in [1.165, 1.54) is 77.6 Å². The van der Waals surface area contributed by atoms with E-state index in [2.05, 4.69) is 120 Å². The third kappa shape index (κ3) is 3.80. The summed E-state index contributed by atoms with van der Waals surface area (Å²) in [7, 11) is 1.72. The number of nitrogens with zero attached hydrogens (tertiary/aromatic N) is 2. The molecule has 0 atom stereocenters. The SMILES string of the molecule is COc1ccc2cc(/C=C/c3cccc4[n+]3CCc3c(C)c(C)c5c(c3-4)-c3c4ccccc4cc[n+]3CC5)ccc2c1. The van der Waals surface area contributed by atoms with Crippen LogP contribution in [0.2, 0.25) is 0 Å². The maximum absolute atomic E-state index is 5.41. The van der Waals surface area contributed by atoms with E-state index in [1.54, 1.807) is 7.11 Å². The van der Waals surface area contributed by atoms with Gasteiger partial charge in [0.25, 0.3) is 0 Å². The van der Waals surface area contributed by atoms with Crippen LogP contribution in [0.5, 0.6) is 5.75 Å². The van der Waals surface area contributed by atoms with Gasteiger partial charge in [0.2, 0.25) is 17.1 Å². The second-order valence-corrected chi connectivity index (χ2v) is 11.7. The van der Waals surface area contributed by atoms with Crippen LogP contribution in [0.3, 0.4) is 0 Å². The van der Waals surface area contributed by atoms with Gasteiger partial charge in [-0.2, -0.15) is 9.13 Å². The number of rotatable bonds is 3. The minimum atomic E-state index is 0.889. The first-order chi connectivity index (χ1) is 20.6. The third-order valence-electron chi connectivity index (χ3n) is 9.58. The number of hydrogen-bond acceptors (Lipinski definition) is 1. The van der Waals surface area contributed by atoms with Gasteiger partial charge in [-0.3, -0.25) is 0 Å². The van der Waals surface area contributed by atoms with Crippen molar-refractivity contribution in [2.45, 2.75) is 39.8 Å². The van der Waals surface area contributed by atoms with Crippen molar-refractivity contribution in [1.82, 2.24) is 0 Å². The minimum absolute atomic E-state index is 0.889. The fraction of sp³-hybridized carbons (Fsp3) is 0.179. The Morgan fingerprint density at radius 3 is 2.36 bits per heavy atom. The molecule has 42 heavy (non-hydrogen) atoms. The van der Waals surface area contributed by atoms with E-state index in [0.29, 0.717) is 0 Å². The Kier molecular flexibility index (Phi) is 5.75. The molecule has 8 rings (SSSR count). The Labute approximate surface area is 247 Å². The number of pyridine rings is 2. The zero-order valence-corrected chi connectivity index (χ0v) is 24.4. The predicted octanol–water partition coefficient (Wildman–Crippen LogP) is 7.81. The molecular weight excluding hydrogens is 512 g/mol. The topological polar surface area (TPSA) is 17.0 Å². The van der Waals surface area contributed by atoms with Gasteiger partial charge in [-0.05, 0) is 94.2 Å². The number of hydrogen-bond donors (Lipinski definition) is 0. The second kappa shape index (κ2) is 9.66. The molecule has 0 amide bonds. The van der Waals surface area contributed by atoms with Crippen molar-refractivity contribution in [2.24, 2.45) is 0 Å². The highest BCUT2D eigenvalue weighted by Gasteiger charge is 2.37. The zero-order valence-electron chi connectivity index (χ0n) is 24.4. The van der Waals surface area contributed by atoms with Crippen molar-refractivity contribution in [3.63, 3.8) is 0 Å². The molecule has 2 aliphatic heterocycles. The van der Waals surface area contributed by atoms with Crippen molar-refractivity contribution in [2.75, 3.05) is 7.11 Å². The molecule has 0 fully saturated rings. The Bertz CT molecular complexity index is 2100. The van der Waals surface area contributed by atoms with Gasteiger partial charge in [0, 0.05) is 37.1 Å². The molecule has 0 bridgehead atoms. The maximum Gasteiger partial charge on any atom is 0.221 e. The number of methoxy groups -OCH3 is 1. The van der Waals surface area contributed by atoms with Crippen LogP contribution < -0.4 is 13.9 Å². The Balaban J connectivity index is 1.30. The Hall–Kier alpha value is -4.76. The van der Waals surface area contributed by atoms with E-state index in [1.807, 2.05) is 6.07 Å². The summed E-state index contributed by atoms with van der Waals surface area (Å²) < 4.78 is 10.4. The predicted molar refractivity (Wildman–Crippen MR) is 172 cm³/mol. The van der Waals surface area contributed by atoms with E-state index < -0.39 is 0 Å². The van der Waals surface area contributed by atoms with Gasteiger partial charge in [0.05, 0.1) is 23.6 Å². The molecule has 0 radical (unpaired) electrons. The third-order valence-corrected chi connectivity index (χ3v) is 9.58. The van der Waals surface area contributed by atoms with Crippen LogP contribution in [0.15, 0.2) is 91.1 Å². The van der Waals surface area contributed by atoms with Gasteiger partial charge in [-0.25, -0.2) is 0 Å². The van der Waals surface area contributed by atoms with Crippen molar-refractivity contribution in [3.05, 3.63) is 125 Å². The van der Waals surface area contributed by atoms with Gasteiger partial charge < -0.3 is 4.74 Å². The summed E-state index contributed by atoms with van der Waals surface area (Å²) in [6.07, 6.45) is 8.93. The second-order valence-electron chi connectivity index (χ2n) is 11.7. The van der Waals surface area contributed by atoms with Crippen molar-refractivity contribution < 1.29 is 13.9 Å². The molecule has 3 nitrogen and oxygen atoms in total. The highest BCUT2D eigenvalue weighted by Crippen LogP contribution is 2.44. The summed E-state index contributed by atoms with van der Waals surface area (Å²) in [5.74, 6) is 0.889. The smallest absolute Gasteiger partial charge is 0.221 e. The molecule has 4 aromatic carbocycles. The normalized spacial score (nSPS) is 13.6. The molecule has 0 N–H and O–H groups in total. The minimum Gasteiger partial charge on any atom is -0.497 e. The number of aromatic nitrogens is 2. The summed E-state index contributed by atoms with van der Waals surface area (Å²) >= 11 is 0. The van der Waals surface area contributed by atoms with Crippen LogP contribution >= 0.6 is 0 Å². The van der Waals surface area contributed by atoms with Crippen LogP contribution in [-0.2, 0) is 25.9 Å². The van der Waals surface area contributed by atoms with Gasteiger partial charge >= 0.3 is 0 Å². The van der Waals surface area contributed by atoms with E-state index in [-0.39, 0.29) is 0 Å². The van der Waals surface area contributed by atoms with Crippen LogP contribution in [0.1, 0.15) is 33.5 Å². The van der Waals surface area contributed by atoms with E-state index in [0.717, 1.165) is 31.7 Å². The van der Waals surface area contributed by atoms with Crippen molar-refractivity contribution in [1.29, 1.82) is 0 Å². The largest absolute Gasteiger partial charge is 0.497 e. The summed E-state index contributed by atoms with van der Waals surface area (Å²) in [5, 5.41) is 5.05. The fourth-order valence-corrected chi connectivity index (χ4v) is 7.30. The Morgan fingerprint density at radius 1 is 0.690 bits per heavy atom. The first kappa shape index (κ1) is 25.0.